The Balaban J connectivity index is 1.46. The van der Waals surface area contributed by atoms with Crippen molar-refractivity contribution in [2.45, 2.75) is 18.9 Å². The molecule has 138 valence electrons. The number of fused-ring (bicyclic) bond motifs is 1. The van der Waals surface area contributed by atoms with Crippen LogP contribution < -0.4 is 0 Å². The van der Waals surface area contributed by atoms with Crippen LogP contribution in [0, 0.1) is 5.82 Å². The molecule has 27 heavy (non-hydrogen) atoms. The van der Waals surface area contributed by atoms with E-state index in [0.717, 1.165) is 5.56 Å². The molecule has 0 aliphatic carbocycles. The first kappa shape index (κ1) is 17.7. The summed E-state index contributed by atoms with van der Waals surface area (Å²) in [5.74, 6) is -1.23. The third-order valence-corrected chi connectivity index (χ3v) is 5.36. The van der Waals surface area contributed by atoms with E-state index in [1.54, 1.807) is 35.2 Å². The maximum atomic E-state index is 13.0. The average Bonchev–Trinajstić information content (AvgIpc) is 3.21. The van der Waals surface area contributed by atoms with Crippen LogP contribution in [0.5, 0.6) is 0 Å². The number of likely N-dealkylation sites (tertiary alicyclic amines) is 1. The predicted octanol–water partition coefficient (Wildman–Crippen LogP) is 2.92. The SMILES string of the molecule is O=C(Cc1ccc(F)cc1)N1CCC(N2C(=O)c3cccc(Cl)c3C2=O)C1. The Hall–Kier alpha value is -2.73. The molecule has 0 saturated carbocycles. The fourth-order valence-corrected chi connectivity index (χ4v) is 3.92. The number of hydrogen-bond acceptors (Lipinski definition) is 3. The summed E-state index contributed by atoms with van der Waals surface area (Å²) in [5, 5.41) is 0.260. The Morgan fingerprint density at radius 1 is 1.11 bits per heavy atom. The summed E-state index contributed by atoms with van der Waals surface area (Å²) in [7, 11) is 0. The molecule has 0 N–H and O–H groups in total. The second-order valence-corrected chi connectivity index (χ2v) is 7.14. The van der Waals surface area contributed by atoms with Gasteiger partial charge in [-0.25, -0.2) is 4.39 Å². The van der Waals surface area contributed by atoms with Crippen molar-refractivity contribution in [2.24, 2.45) is 0 Å². The van der Waals surface area contributed by atoms with Gasteiger partial charge in [0.05, 0.1) is 28.6 Å². The minimum Gasteiger partial charge on any atom is -0.340 e. The van der Waals surface area contributed by atoms with Crippen LogP contribution in [0.2, 0.25) is 5.02 Å². The van der Waals surface area contributed by atoms with Crippen molar-refractivity contribution in [1.82, 2.24) is 9.80 Å². The van der Waals surface area contributed by atoms with E-state index in [1.807, 2.05) is 0 Å². The van der Waals surface area contributed by atoms with Crippen LogP contribution in [0.15, 0.2) is 42.5 Å². The molecule has 7 heteroatoms. The Morgan fingerprint density at radius 2 is 1.85 bits per heavy atom. The number of carbonyl (C=O) groups is 3. The van der Waals surface area contributed by atoms with Gasteiger partial charge in [0.15, 0.2) is 0 Å². The van der Waals surface area contributed by atoms with Crippen LogP contribution in [0.1, 0.15) is 32.7 Å². The quantitative estimate of drug-likeness (QED) is 0.762. The summed E-state index contributed by atoms with van der Waals surface area (Å²) in [6.45, 7) is 0.759. The van der Waals surface area contributed by atoms with Gasteiger partial charge < -0.3 is 4.90 Å². The summed E-state index contributed by atoms with van der Waals surface area (Å²) >= 11 is 6.09. The lowest BCUT2D eigenvalue weighted by Crippen LogP contribution is -2.42. The van der Waals surface area contributed by atoms with Gasteiger partial charge in [-0.3, -0.25) is 19.3 Å². The Kier molecular flexibility index (Phi) is 4.44. The van der Waals surface area contributed by atoms with Gasteiger partial charge in [0.25, 0.3) is 11.8 Å². The molecular weight excluding hydrogens is 371 g/mol. The second kappa shape index (κ2) is 6.78. The first-order valence-corrected chi connectivity index (χ1v) is 9.02. The van der Waals surface area contributed by atoms with Crippen LogP contribution >= 0.6 is 11.6 Å². The first-order chi connectivity index (χ1) is 13.0. The number of halogens is 2. The predicted molar refractivity (Wildman–Crippen MR) is 97.0 cm³/mol. The summed E-state index contributed by atoms with van der Waals surface area (Å²) in [4.78, 5) is 40.7. The summed E-state index contributed by atoms with van der Waals surface area (Å²) < 4.78 is 13.0. The van der Waals surface area contributed by atoms with E-state index in [2.05, 4.69) is 0 Å². The molecule has 2 aromatic carbocycles. The highest BCUT2D eigenvalue weighted by atomic mass is 35.5. The number of benzene rings is 2. The number of imide groups is 1. The monoisotopic (exact) mass is 386 g/mol. The highest BCUT2D eigenvalue weighted by Crippen LogP contribution is 2.32. The molecule has 4 rings (SSSR count). The molecule has 1 atom stereocenters. The van der Waals surface area contributed by atoms with Gasteiger partial charge in [0, 0.05) is 13.1 Å². The topological polar surface area (TPSA) is 57.7 Å². The van der Waals surface area contributed by atoms with Crippen LogP contribution in [0.25, 0.3) is 0 Å². The van der Waals surface area contributed by atoms with Crippen molar-refractivity contribution in [3.05, 3.63) is 70.0 Å². The fraction of sp³-hybridized carbons (Fsp3) is 0.250. The van der Waals surface area contributed by atoms with Crippen molar-refractivity contribution in [3.63, 3.8) is 0 Å². The van der Waals surface area contributed by atoms with Crippen molar-refractivity contribution >= 4 is 29.3 Å². The van der Waals surface area contributed by atoms with E-state index in [4.69, 9.17) is 11.6 Å². The lowest BCUT2D eigenvalue weighted by molar-refractivity contribution is -0.129. The van der Waals surface area contributed by atoms with Gasteiger partial charge in [0.2, 0.25) is 5.91 Å². The van der Waals surface area contributed by atoms with Gasteiger partial charge in [0.1, 0.15) is 5.82 Å². The molecule has 1 saturated heterocycles. The van der Waals surface area contributed by atoms with Gasteiger partial charge in [-0.2, -0.15) is 0 Å². The molecule has 0 radical (unpaired) electrons. The van der Waals surface area contributed by atoms with E-state index in [9.17, 15) is 18.8 Å². The number of carbonyl (C=O) groups excluding carboxylic acids is 3. The summed E-state index contributed by atoms with van der Waals surface area (Å²) in [6, 6.07) is 10.2. The molecule has 1 unspecified atom stereocenters. The molecule has 0 aromatic heterocycles. The number of hydrogen-bond donors (Lipinski definition) is 0. The van der Waals surface area contributed by atoms with Gasteiger partial charge in [-0.05, 0) is 36.2 Å². The largest absolute Gasteiger partial charge is 0.340 e. The minimum atomic E-state index is -0.404. The summed E-state index contributed by atoms with van der Waals surface area (Å²) in [6.07, 6.45) is 0.680. The molecule has 3 amide bonds. The Morgan fingerprint density at radius 3 is 2.56 bits per heavy atom. The Labute approximate surface area is 160 Å². The zero-order valence-electron chi connectivity index (χ0n) is 14.3. The Bertz CT molecular complexity index is 945. The zero-order valence-corrected chi connectivity index (χ0v) is 15.1. The standard InChI is InChI=1S/C20H16ClFN2O3/c21-16-3-1-2-15-18(16)20(27)24(19(15)26)14-8-9-23(11-14)17(25)10-12-4-6-13(22)7-5-12/h1-7,14H,8-11H2. The third kappa shape index (κ3) is 3.10. The lowest BCUT2D eigenvalue weighted by atomic mass is 10.1. The van der Waals surface area contributed by atoms with E-state index in [-0.39, 0.29) is 40.7 Å². The van der Waals surface area contributed by atoms with Crippen molar-refractivity contribution in [1.29, 1.82) is 0 Å². The van der Waals surface area contributed by atoms with E-state index < -0.39 is 5.91 Å². The minimum absolute atomic E-state index is 0.112. The van der Waals surface area contributed by atoms with E-state index in [1.165, 1.54) is 17.0 Å². The van der Waals surface area contributed by atoms with Crippen molar-refractivity contribution in [3.8, 4) is 0 Å². The number of nitrogens with zero attached hydrogens (tertiary/aromatic N) is 2. The molecule has 2 aliphatic rings. The fourth-order valence-electron chi connectivity index (χ4n) is 3.66. The van der Waals surface area contributed by atoms with Gasteiger partial charge in [-0.15, -0.1) is 0 Å². The average molecular weight is 387 g/mol. The second-order valence-electron chi connectivity index (χ2n) is 6.73. The van der Waals surface area contributed by atoms with Gasteiger partial charge >= 0.3 is 0 Å². The molecule has 1 fully saturated rings. The first-order valence-electron chi connectivity index (χ1n) is 8.64. The van der Waals surface area contributed by atoms with Crippen molar-refractivity contribution < 1.29 is 18.8 Å². The lowest BCUT2D eigenvalue weighted by Gasteiger charge is -2.22. The summed E-state index contributed by atoms with van der Waals surface area (Å²) in [5.41, 5.74) is 1.27. The van der Waals surface area contributed by atoms with Crippen LogP contribution in [-0.2, 0) is 11.2 Å². The molecule has 0 bridgehead atoms. The molecular formula is C20H16ClFN2O3. The van der Waals surface area contributed by atoms with E-state index in [0.29, 0.717) is 25.1 Å². The maximum Gasteiger partial charge on any atom is 0.263 e. The molecule has 2 heterocycles. The van der Waals surface area contributed by atoms with Gasteiger partial charge in [-0.1, -0.05) is 29.8 Å². The highest BCUT2D eigenvalue weighted by Gasteiger charge is 2.43. The number of rotatable bonds is 3. The molecule has 2 aromatic rings. The number of amides is 3. The van der Waals surface area contributed by atoms with Crippen LogP contribution in [-0.4, -0.2) is 46.7 Å². The third-order valence-electron chi connectivity index (χ3n) is 5.05. The normalized spacial score (nSPS) is 19.0. The van der Waals surface area contributed by atoms with Crippen LogP contribution in [0.4, 0.5) is 4.39 Å². The smallest absolute Gasteiger partial charge is 0.263 e. The van der Waals surface area contributed by atoms with Crippen LogP contribution in [0.3, 0.4) is 0 Å². The highest BCUT2D eigenvalue weighted by molar-refractivity contribution is 6.37. The molecule has 0 spiro atoms. The molecule has 2 aliphatic heterocycles. The molecule has 5 nitrogen and oxygen atoms in total. The zero-order chi connectivity index (χ0) is 19.1. The van der Waals surface area contributed by atoms with Crippen molar-refractivity contribution in [2.75, 3.05) is 13.1 Å². The van der Waals surface area contributed by atoms with E-state index >= 15 is 0 Å². The maximum absolute atomic E-state index is 13.0.